The third-order valence-corrected chi connectivity index (χ3v) is 13.5. The molecule has 8 rings (SSSR count). The van der Waals surface area contributed by atoms with Crippen molar-refractivity contribution in [2.24, 2.45) is 33.3 Å². The van der Waals surface area contributed by atoms with E-state index in [1.807, 2.05) is 0 Å². The highest BCUT2D eigenvalue weighted by Gasteiger charge is 2.69. The van der Waals surface area contributed by atoms with Crippen LogP contribution in [0.2, 0.25) is 10.0 Å². The zero-order valence-corrected chi connectivity index (χ0v) is 34.3. The summed E-state index contributed by atoms with van der Waals surface area (Å²) < 4.78 is 83.2. The van der Waals surface area contributed by atoms with Crippen molar-refractivity contribution in [2.45, 2.75) is 33.4 Å². The van der Waals surface area contributed by atoms with E-state index in [0.717, 1.165) is 28.1 Å². The van der Waals surface area contributed by atoms with E-state index >= 15 is 0 Å². The lowest BCUT2D eigenvalue weighted by molar-refractivity contribution is 0.257. The molecule has 4 aliphatic rings. The molecule has 4 heterocycles. The van der Waals surface area contributed by atoms with Gasteiger partial charge >= 0.3 is 0 Å². The average molecular weight is 925 g/mol. The molecule has 0 amide bonds. The van der Waals surface area contributed by atoms with E-state index in [0.29, 0.717) is 39.7 Å². The Kier molecular flexibility index (Phi) is 12.9. The normalized spacial score (nSPS) is 27.5. The van der Waals surface area contributed by atoms with Crippen LogP contribution in [-0.4, -0.2) is 56.5 Å². The maximum Gasteiger partial charge on any atom is 0.155 e. The number of nitrogens with zero attached hydrogens (tertiary/aromatic N) is 4. The fourth-order valence-corrected chi connectivity index (χ4v) is 10.1. The lowest BCUT2D eigenvalue weighted by Gasteiger charge is -2.34. The minimum Gasteiger partial charge on any atom is -0.378 e. The van der Waals surface area contributed by atoms with E-state index in [2.05, 4.69) is 53.6 Å². The van der Waals surface area contributed by atoms with Crippen molar-refractivity contribution < 1.29 is 26.3 Å². The van der Waals surface area contributed by atoms with Gasteiger partial charge in [-0.3, -0.25) is 0 Å². The van der Waals surface area contributed by atoms with Gasteiger partial charge in [-0.15, -0.1) is 6.42 Å². The molecular formula is C40H31BrCl2F6N6S2. The topological polar surface area (TPSA) is 103 Å². The van der Waals surface area contributed by atoms with Crippen LogP contribution in [0.5, 0.6) is 0 Å². The lowest BCUT2D eigenvalue weighted by Crippen LogP contribution is -2.40. The molecule has 4 aromatic rings. The smallest absolute Gasteiger partial charge is 0.155 e. The monoisotopic (exact) mass is 922 g/mol. The molecule has 0 unspecified atom stereocenters. The van der Waals surface area contributed by atoms with Crippen LogP contribution in [0.4, 0.5) is 26.3 Å². The average Bonchev–Trinajstić information content (AvgIpc) is 4.14. The number of hydrogen-bond acceptors (Lipinski definition) is 8. The van der Waals surface area contributed by atoms with E-state index in [4.69, 9.17) is 41.1 Å². The highest BCUT2D eigenvalue weighted by atomic mass is 79.9. The molecule has 17 heteroatoms. The third kappa shape index (κ3) is 8.64. The second-order valence-electron chi connectivity index (χ2n) is 13.6. The van der Waals surface area contributed by atoms with Gasteiger partial charge in [-0.1, -0.05) is 58.6 Å². The number of hydrogen-bond donors (Lipinski definition) is 2. The summed E-state index contributed by atoms with van der Waals surface area (Å²) in [6.45, 7) is -3.21. The van der Waals surface area contributed by atoms with Crippen LogP contribution in [0.15, 0.2) is 87.6 Å². The minimum absolute atomic E-state index is 0.0504. The van der Waals surface area contributed by atoms with Crippen LogP contribution in [0.3, 0.4) is 0 Å². The number of thioether (sulfide) groups is 2. The Morgan fingerprint density at radius 2 is 1.19 bits per heavy atom. The molecule has 0 radical (unpaired) electrons. The van der Waals surface area contributed by atoms with Gasteiger partial charge in [-0.25, -0.2) is 46.3 Å². The lowest BCUT2D eigenvalue weighted by atomic mass is 9.84. The summed E-state index contributed by atoms with van der Waals surface area (Å²) in [5.41, 5.74) is 10.1. The Morgan fingerprint density at radius 1 is 0.702 bits per heavy atom. The number of fused-ring (bicyclic) bond motifs is 2. The molecule has 2 aliphatic heterocycles. The SMILES string of the molecule is C#Cc1ccc(F)c([C@@]2(CF)N=C(N)S[C@@]3(CF)C[C@H]32)c1.Clc1ccc(Br)nc1.NC1=N[C@](CF)(c2cc(C#Cc3ccc(Cl)cn3)ccc2F)[C@@H]2C[C@]2(CF)S1. The number of terminal acetylenes is 1. The predicted molar refractivity (Wildman–Crippen MR) is 220 cm³/mol. The highest BCUT2D eigenvalue weighted by molar-refractivity contribution is 9.10. The van der Waals surface area contributed by atoms with Crippen LogP contribution >= 0.6 is 62.7 Å². The van der Waals surface area contributed by atoms with Gasteiger partial charge in [-0.05, 0) is 95.4 Å². The maximum absolute atomic E-state index is 14.7. The summed E-state index contributed by atoms with van der Waals surface area (Å²) in [5.74, 6) is 6.05. The first kappa shape index (κ1) is 42.7. The third-order valence-electron chi connectivity index (χ3n) is 10.1. The van der Waals surface area contributed by atoms with Crippen molar-refractivity contribution >= 4 is 73.0 Å². The molecule has 6 nitrogen and oxygen atoms in total. The summed E-state index contributed by atoms with van der Waals surface area (Å²) in [5, 5.41) is 1.31. The molecule has 0 saturated heterocycles. The number of alkyl halides is 4. The molecule has 6 atom stereocenters. The van der Waals surface area contributed by atoms with Crippen molar-refractivity contribution in [3.05, 3.63) is 127 Å². The van der Waals surface area contributed by atoms with Crippen LogP contribution in [-0.2, 0) is 11.1 Å². The largest absolute Gasteiger partial charge is 0.378 e. The molecule has 2 aromatic carbocycles. The highest BCUT2D eigenvalue weighted by Crippen LogP contribution is 2.67. The van der Waals surface area contributed by atoms with Gasteiger partial charge in [0.25, 0.3) is 0 Å². The fraction of sp³-hybridized carbons (Fsp3) is 0.300. The standard InChI is InChI=1S/C20H15ClF3N3S.C15H13F3N2S.C5H3BrClN/c21-13-3-5-14(26-9-13)4-1-12-2-6-16(24)15(7-12)20(11-23)17-8-19(17,10-22)28-18(25)27-20;1-2-9-3-4-11(18)10(5-9)15(8-17)12-6-14(12,7-16)21-13(19)20-15;6-5-2-1-4(7)3-8-5/h2-3,5-7,9,17H,8,10-11H2,(H2,25,27);1,3-5,12H,6-8H2,(H2,19,20);1-3H/t17-,19-,20-;12-,14-,15-;/m11./s1. The number of rotatable bonds is 6. The van der Waals surface area contributed by atoms with Gasteiger partial charge < -0.3 is 11.5 Å². The Bertz CT molecular complexity index is 2300. The summed E-state index contributed by atoms with van der Waals surface area (Å²) in [6, 6.07) is 15.1. The van der Waals surface area contributed by atoms with E-state index in [-0.39, 0.29) is 21.5 Å². The maximum atomic E-state index is 14.7. The van der Waals surface area contributed by atoms with Gasteiger partial charge in [0, 0.05) is 46.5 Å². The van der Waals surface area contributed by atoms with Gasteiger partial charge in [0.05, 0.1) is 19.5 Å². The van der Waals surface area contributed by atoms with Crippen molar-refractivity contribution in [3.63, 3.8) is 0 Å². The number of benzene rings is 2. The molecule has 296 valence electrons. The first-order valence-electron chi connectivity index (χ1n) is 17.0. The minimum atomic E-state index is -1.53. The van der Waals surface area contributed by atoms with Crippen molar-refractivity contribution in [3.8, 4) is 24.2 Å². The van der Waals surface area contributed by atoms with Gasteiger partial charge in [0.2, 0.25) is 0 Å². The number of halogens is 9. The van der Waals surface area contributed by atoms with E-state index < -0.39 is 70.7 Å². The van der Waals surface area contributed by atoms with Crippen LogP contribution in [0, 0.1) is 47.7 Å². The fourth-order valence-electron chi connectivity index (χ4n) is 7.08. The van der Waals surface area contributed by atoms with Crippen LogP contribution in [0.25, 0.3) is 0 Å². The summed E-state index contributed by atoms with van der Waals surface area (Å²) in [6.07, 6.45) is 9.19. The summed E-state index contributed by atoms with van der Waals surface area (Å²) >= 11 is 16.7. The molecule has 2 aromatic heterocycles. The number of aliphatic imine (C=N–C) groups is 2. The van der Waals surface area contributed by atoms with E-state index in [9.17, 15) is 26.3 Å². The zero-order chi connectivity index (χ0) is 41.2. The van der Waals surface area contributed by atoms with E-state index in [1.54, 1.807) is 30.5 Å². The quantitative estimate of drug-likeness (QED) is 0.114. The molecule has 2 saturated carbocycles. The second-order valence-corrected chi connectivity index (χ2v) is 18.1. The Labute approximate surface area is 352 Å². The van der Waals surface area contributed by atoms with Gasteiger partial charge in [0.1, 0.15) is 59.7 Å². The number of amidine groups is 2. The Morgan fingerprint density at radius 3 is 1.61 bits per heavy atom. The first-order chi connectivity index (χ1) is 27.2. The van der Waals surface area contributed by atoms with Crippen molar-refractivity contribution in [1.29, 1.82) is 0 Å². The number of aromatic nitrogens is 2. The number of pyridine rings is 2. The first-order valence-corrected chi connectivity index (χ1v) is 20.2. The second kappa shape index (κ2) is 17.2. The van der Waals surface area contributed by atoms with Crippen LogP contribution < -0.4 is 11.5 Å². The Hall–Kier alpha value is -3.86. The Balaban J connectivity index is 0.000000166. The zero-order valence-electron chi connectivity index (χ0n) is 29.6. The molecular weight excluding hydrogens is 893 g/mol. The van der Waals surface area contributed by atoms with Crippen LogP contribution in [0.1, 0.15) is 40.8 Å². The number of nitrogens with two attached hydrogens (primary N) is 2. The van der Waals surface area contributed by atoms with Gasteiger partial charge in [-0.2, -0.15) is 0 Å². The van der Waals surface area contributed by atoms with Crippen molar-refractivity contribution in [2.75, 3.05) is 26.7 Å². The van der Waals surface area contributed by atoms with Gasteiger partial charge in [0.15, 0.2) is 10.3 Å². The molecule has 0 spiro atoms. The summed E-state index contributed by atoms with van der Waals surface area (Å²) in [7, 11) is 0. The van der Waals surface area contributed by atoms with Crippen molar-refractivity contribution in [1.82, 2.24) is 9.97 Å². The predicted octanol–water partition coefficient (Wildman–Crippen LogP) is 9.49. The molecule has 4 N–H and O–H groups in total. The summed E-state index contributed by atoms with van der Waals surface area (Å²) in [4.78, 5) is 16.4. The van der Waals surface area contributed by atoms with E-state index in [1.165, 1.54) is 42.6 Å². The molecule has 0 bridgehead atoms. The molecule has 2 fully saturated rings. The molecule has 2 aliphatic carbocycles. The molecule has 57 heavy (non-hydrogen) atoms.